The number of anilines is 2. The molecule has 0 unspecified atom stereocenters. The summed E-state index contributed by atoms with van der Waals surface area (Å²) in [5.41, 5.74) is 1.95. The van der Waals surface area contributed by atoms with Crippen molar-refractivity contribution in [1.82, 2.24) is 9.88 Å². The summed E-state index contributed by atoms with van der Waals surface area (Å²) in [7, 11) is 1.67. The summed E-state index contributed by atoms with van der Waals surface area (Å²) < 4.78 is 12.2. The van der Waals surface area contributed by atoms with Crippen LogP contribution in [0.3, 0.4) is 0 Å². The van der Waals surface area contributed by atoms with E-state index in [1.54, 1.807) is 18.4 Å². The second-order valence-electron chi connectivity index (χ2n) is 6.40. The third kappa shape index (κ3) is 5.03. The van der Waals surface area contributed by atoms with Crippen LogP contribution in [0.15, 0.2) is 42.5 Å². The van der Waals surface area contributed by atoms with Gasteiger partial charge in [-0.1, -0.05) is 11.3 Å². The summed E-state index contributed by atoms with van der Waals surface area (Å²) in [6, 6.07) is 14.0. The molecule has 1 fully saturated rings. The van der Waals surface area contributed by atoms with E-state index in [9.17, 15) is 0 Å². The Bertz CT molecular complexity index is 863. The first-order valence-corrected chi connectivity index (χ1v) is 9.79. The van der Waals surface area contributed by atoms with Crippen molar-refractivity contribution in [3.63, 3.8) is 0 Å². The number of methoxy groups -OCH3 is 1. The molecule has 0 saturated carbocycles. The Morgan fingerprint density at radius 3 is 2.56 bits per heavy atom. The fraction of sp³-hybridized carbons (Fsp3) is 0.350. The van der Waals surface area contributed by atoms with Gasteiger partial charge in [0.2, 0.25) is 0 Å². The molecular weight excluding hydrogens is 382 g/mol. The molecule has 144 valence electrons. The minimum Gasteiger partial charge on any atom is -0.497 e. The van der Waals surface area contributed by atoms with Gasteiger partial charge in [-0.2, -0.15) is 0 Å². The van der Waals surface area contributed by atoms with Crippen LogP contribution in [0.1, 0.15) is 12.8 Å². The summed E-state index contributed by atoms with van der Waals surface area (Å²) in [4.78, 5) is 7.08. The number of likely N-dealkylation sites (tertiary alicyclic amines) is 1. The predicted molar refractivity (Wildman–Crippen MR) is 114 cm³/mol. The quantitative estimate of drug-likeness (QED) is 0.602. The number of halogens is 1. The lowest BCUT2D eigenvalue weighted by molar-refractivity contribution is 0.238. The number of ether oxygens (including phenoxy) is 2. The van der Waals surface area contributed by atoms with Crippen LogP contribution in [-0.4, -0.2) is 43.2 Å². The van der Waals surface area contributed by atoms with E-state index in [1.165, 1.54) is 25.9 Å². The van der Waals surface area contributed by atoms with Crippen LogP contribution in [-0.2, 0) is 0 Å². The van der Waals surface area contributed by atoms with Gasteiger partial charge in [0.15, 0.2) is 5.13 Å². The summed E-state index contributed by atoms with van der Waals surface area (Å²) in [5.74, 6) is 1.73. The smallest absolute Gasteiger partial charge is 0.188 e. The molecule has 0 amide bonds. The molecule has 0 aliphatic carbocycles. The number of rotatable bonds is 7. The Morgan fingerprint density at radius 1 is 1.07 bits per heavy atom. The molecule has 0 bridgehead atoms. The van der Waals surface area contributed by atoms with Gasteiger partial charge in [-0.15, -0.1) is 12.4 Å². The summed E-state index contributed by atoms with van der Waals surface area (Å²) >= 11 is 1.63. The number of nitrogens with zero attached hydrogens (tertiary/aromatic N) is 2. The highest BCUT2D eigenvalue weighted by Gasteiger charge is 2.10. The molecule has 1 aromatic heterocycles. The van der Waals surface area contributed by atoms with E-state index in [2.05, 4.69) is 15.2 Å². The fourth-order valence-electron chi connectivity index (χ4n) is 3.14. The monoisotopic (exact) mass is 405 g/mol. The molecule has 3 aromatic rings. The number of hydrogen-bond donors (Lipinski definition) is 1. The fourth-order valence-corrected chi connectivity index (χ4v) is 4.01. The molecule has 0 radical (unpaired) electrons. The zero-order valence-corrected chi connectivity index (χ0v) is 16.9. The first kappa shape index (κ1) is 19.7. The first-order chi connectivity index (χ1) is 12.8. The Hall–Kier alpha value is -2.02. The van der Waals surface area contributed by atoms with Crippen molar-refractivity contribution >= 4 is 44.8 Å². The van der Waals surface area contributed by atoms with Crippen LogP contribution in [0.25, 0.3) is 10.2 Å². The lowest BCUT2D eigenvalue weighted by atomic mass is 10.3. The molecule has 7 heteroatoms. The lowest BCUT2D eigenvalue weighted by Gasteiger charge is -2.15. The largest absolute Gasteiger partial charge is 0.497 e. The lowest BCUT2D eigenvalue weighted by Crippen LogP contribution is -2.25. The second kappa shape index (κ2) is 9.26. The highest BCUT2D eigenvalue weighted by Crippen LogP contribution is 2.31. The average molecular weight is 406 g/mol. The molecular formula is C20H24ClN3O2S. The van der Waals surface area contributed by atoms with Gasteiger partial charge >= 0.3 is 0 Å². The summed E-state index contributed by atoms with van der Waals surface area (Å²) in [5, 5.41) is 4.23. The number of fused-ring (bicyclic) bond motifs is 1. The van der Waals surface area contributed by atoms with E-state index < -0.39 is 0 Å². The predicted octanol–water partition coefficient (Wildman–Crippen LogP) is 4.94. The number of thiazole rings is 1. The minimum atomic E-state index is 0. The topological polar surface area (TPSA) is 46.6 Å². The molecule has 5 nitrogen and oxygen atoms in total. The Morgan fingerprint density at radius 2 is 1.81 bits per heavy atom. The van der Waals surface area contributed by atoms with Crippen molar-refractivity contribution in [2.24, 2.45) is 0 Å². The van der Waals surface area contributed by atoms with Crippen molar-refractivity contribution < 1.29 is 9.47 Å². The van der Waals surface area contributed by atoms with Gasteiger partial charge in [0, 0.05) is 18.3 Å². The second-order valence-corrected chi connectivity index (χ2v) is 7.43. The Labute approximate surface area is 169 Å². The molecule has 0 atom stereocenters. The van der Waals surface area contributed by atoms with Gasteiger partial charge in [-0.05, 0) is 62.3 Å². The van der Waals surface area contributed by atoms with E-state index in [1.807, 2.05) is 42.5 Å². The average Bonchev–Trinajstić information content (AvgIpc) is 3.31. The number of benzene rings is 2. The Balaban J connectivity index is 0.00000210. The van der Waals surface area contributed by atoms with Crippen molar-refractivity contribution in [1.29, 1.82) is 0 Å². The van der Waals surface area contributed by atoms with E-state index >= 15 is 0 Å². The van der Waals surface area contributed by atoms with E-state index in [0.717, 1.165) is 45.7 Å². The molecule has 0 spiro atoms. The zero-order valence-electron chi connectivity index (χ0n) is 15.3. The van der Waals surface area contributed by atoms with Gasteiger partial charge in [0.1, 0.15) is 18.1 Å². The Kier molecular flexibility index (Phi) is 6.77. The van der Waals surface area contributed by atoms with Crippen LogP contribution < -0.4 is 14.8 Å². The number of hydrogen-bond acceptors (Lipinski definition) is 6. The number of nitrogens with one attached hydrogen (secondary N) is 1. The van der Waals surface area contributed by atoms with E-state index in [0.29, 0.717) is 0 Å². The highest BCUT2D eigenvalue weighted by atomic mass is 35.5. The minimum absolute atomic E-state index is 0. The van der Waals surface area contributed by atoms with Crippen molar-refractivity contribution in [2.75, 3.05) is 38.7 Å². The van der Waals surface area contributed by atoms with Crippen LogP contribution in [0, 0.1) is 0 Å². The standard InChI is InChI=1S/C20H23N3O2S.ClH/c1-24-17-8-9-19-18(14-17)22-20(26-19)21-15-4-6-16(7-5-15)25-13-12-23-10-2-3-11-23;/h4-9,14H,2-3,10-13H2,1H3,(H,21,22);1H. The molecule has 2 aromatic carbocycles. The van der Waals surface area contributed by atoms with Gasteiger partial charge < -0.3 is 14.8 Å². The maximum atomic E-state index is 5.85. The zero-order chi connectivity index (χ0) is 17.8. The molecule has 2 heterocycles. The van der Waals surface area contributed by atoms with Gasteiger partial charge in [0.25, 0.3) is 0 Å². The van der Waals surface area contributed by atoms with Gasteiger partial charge in [-0.25, -0.2) is 4.98 Å². The van der Waals surface area contributed by atoms with Crippen molar-refractivity contribution in [2.45, 2.75) is 12.8 Å². The maximum Gasteiger partial charge on any atom is 0.188 e. The molecule has 1 aliphatic heterocycles. The van der Waals surface area contributed by atoms with Crippen LogP contribution in [0.4, 0.5) is 10.8 Å². The molecule has 27 heavy (non-hydrogen) atoms. The molecule has 1 aliphatic rings. The summed E-state index contributed by atoms with van der Waals surface area (Å²) in [6.45, 7) is 4.17. The third-order valence-electron chi connectivity index (χ3n) is 4.58. The van der Waals surface area contributed by atoms with Crippen LogP contribution in [0.2, 0.25) is 0 Å². The maximum absolute atomic E-state index is 5.85. The van der Waals surface area contributed by atoms with Gasteiger partial charge in [0.05, 0.1) is 17.3 Å². The van der Waals surface area contributed by atoms with E-state index in [4.69, 9.17) is 9.47 Å². The van der Waals surface area contributed by atoms with Crippen LogP contribution in [0.5, 0.6) is 11.5 Å². The van der Waals surface area contributed by atoms with E-state index in [-0.39, 0.29) is 12.4 Å². The first-order valence-electron chi connectivity index (χ1n) is 8.97. The molecule has 4 rings (SSSR count). The SMILES string of the molecule is COc1ccc2sc(Nc3ccc(OCCN4CCCC4)cc3)nc2c1.Cl. The van der Waals surface area contributed by atoms with Crippen LogP contribution >= 0.6 is 23.7 Å². The summed E-state index contributed by atoms with van der Waals surface area (Å²) in [6.07, 6.45) is 2.64. The highest BCUT2D eigenvalue weighted by molar-refractivity contribution is 7.22. The molecule has 1 N–H and O–H groups in total. The number of aromatic nitrogens is 1. The third-order valence-corrected chi connectivity index (χ3v) is 5.53. The molecule has 1 saturated heterocycles. The normalized spacial score (nSPS) is 14.1. The van der Waals surface area contributed by atoms with Gasteiger partial charge in [-0.3, -0.25) is 4.90 Å². The van der Waals surface area contributed by atoms with Crippen molar-refractivity contribution in [3.8, 4) is 11.5 Å². The van der Waals surface area contributed by atoms with Crippen molar-refractivity contribution in [3.05, 3.63) is 42.5 Å².